The quantitative estimate of drug-likeness (QED) is 0.526. The van der Waals surface area contributed by atoms with Crippen molar-refractivity contribution in [3.63, 3.8) is 0 Å². The summed E-state index contributed by atoms with van der Waals surface area (Å²) in [6, 6.07) is 1.77. The first-order valence-electron chi connectivity index (χ1n) is 5.86. The third-order valence-electron chi connectivity index (χ3n) is 2.61. The number of nitrogens with one attached hydrogen (secondary N) is 1. The molecule has 0 saturated heterocycles. The molecular formula is C12H14Cl2N4. The number of fused-ring (bicyclic) bond motifs is 1. The van der Waals surface area contributed by atoms with E-state index in [0.29, 0.717) is 16.5 Å². The molecule has 0 bridgehead atoms. The van der Waals surface area contributed by atoms with Gasteiger partial charge in [-0.1, -0.05) is 24.9 Å². The first-order chi connectivity index (χ1) is 8.61. The maximum absolute atomic E-state index is 5.97. The zero-order valence-corrected chi connectivity index (χ0v) is 11.8. The first kappa shape index (κ1) is 13.3. The molecule has 0 unspecified atom stereocenters. The van der Waals surface area contributed by atoms with Crippen molar-refractivity contribution >= 4 is 40.1 Å². The molecule has 4 nitrogen and oxygen atoms in total. The van der Waals surface area contributed by atoms with Crippen molar-refractivity contribution in [3.05, 3.63) is 22.1 Å². The van der Waals surface area contributed by atoms with Gasteiger partial charge in [-0.2, -0.15) is 4.98 Å². The molecule has 0 atom stereocenters. The molecule has 0 aliphatic rings. The van der Waals surface area contributed by atoms with Gasteiger partial charge in [0.15, 0.2) is 5.82 Å². The SMILES string of the molecule is CCCCNc1nc(Cl)nc2c(C)cc(Cl)nc12. The summed E-state index contributed by atoms with van der Waals surface area (Å²) in [5.41, 5.74) is 2.34. The van der Waals surface area contributed by atoms with Crippen LogP contribution in [0.25, 0.3) is 11.0 Å². The van der Waals surface area contributed by atoms with Gasteiger partial charge in [0.2, 0.25) is 5.28 Å². The second-order valence-electron chi connectivity index (χ2n) is 4.08. The standard InChI is InChI=1S/C12H14Cl2N4/c1-3-4-5-15-11-10-9(17-12(14)18-11)7(2)6-8(13)16-10/h6H,3-5H2,1-2H3,(H,15,17,18). The minimum absolute atomic E-state index is 0.216. The number of halogens is 2. The summed E-state index contributed by atoms with van der Waals surface area (Å²) in [7, 11) is 0. The van der Waals surface area contributed by atoms with E-state index in [9.17, 15) is 0 Å². The topological polar surface area (TPSA) is 50.7 Å². The molecule has 0 saturated carbocycles. The Morgan fingerprint density at radius 2 is 1.94 bits per heavy atom. The van der Waals surface area contributed by atoms with E-state index < -0.39 is 0 Å². The molecule has 0 aliphatic carbocycles. The highest BCUT2D eigenvalue weighted by Gasteiger charge is 2.11. The van der Waals surface area contributed by atoms with Gasteiger partial charge in [-0.25, -0.2) is 9.97 Å². The van der Waals surface area contributed by atoms with Crippen molar-refractivity contribution in [2.75, 3.05) is 11.9 Å². The summed E-state index contributed by atoms with van der Waals surface area (Å²) >= 11 is 11.9. The Hall–Kier alpha value is -1.13. The Balaban J connectivity index is 2.50. The molecule has 0 amide bonds. The van der Waals surface area contributed by atoms with Gasteiger partial charge in [0.05, 0.1) is 5.52 Å². The normalized spacial score (nSPS) is 10.9. The first-order valence-corrected chi connectivity index (χ1v) is 6.61. The molecule has 0 radical (unpaired) electrons. The number of unbranched alkanes of at least 4 members (excludes halogenated alkanes) is 1. The van der Waals surface area contributed by atoms with Crippen molar-refractivity contribution in [2.24, 2.45) is 0 Å². The van der Waals surface area contributed by atoms with Crippen LogP contribution in [0.2, 0.25) is 10.4 Å². The van der Waals surface area contributed by atoms with E-state index in [0.717, 1.165) is 30.5 Å². The van der Waals surface area contributed by atoms with Crippen LogP contribution in [0.5, 0.6) is 0 Å². The highest BCUT2D eigenvalue weighted by atomic mass is 35.5. The highest BCUT2D eigenvalue weighted by Crippen LogP contribution is 2.25. The monoisotopic (exact) mass is 284 g/mol. The van der Waals surface area contributed by atoms with Crippen LogP contribution in [-0.2, 0) is 0 Å². The zero-order valence-electron chi connectivity index (χ0n) is 10.3. The molecule has 6 heteroatoms. The van der Waals surface area contributed by atoms with Crippen LogP contribution in [0, 0.1) is 6.92 Å². The Morgan fingerprint density at radius 1 is 1.17 bits per heavy atom. The predicted molar refractivity (Wildman–Crippen MR) is 75.5 cm³/mol. The van der Waals surface area contributed by atoms with E-state index in [1.54, 1.807) is 6.07 Å². The fraction of sp³-hybridized carbons (Fsp3) is 0.417. The van der Waals surface area contributed by atoms with Crippen molar-refractivity contribution < 1.29 is 0 Å². The lowest BCUT2D eigenvalue weighted by Crippen LogP contribution is -2.06. The van der Waals surface area contributed by atoms with E-state index in [2.05, 4.69) is 27.2 Å². The molecule has 2 aromatic rings. The highest BCUT2D eigenvalue weighted by molar-refractivity contribution is 6.30. The number of nitrogens with zero attached hydrogens (tertiary/aromatic N) is 3. The summed E-state index contributed by atoms with van der Waals surface area (Å²) in [5.74, 6) is 0.643. The largest absolute Gasteiger partial charge is 0.368 e. The van der Waals surface area contributed by atoms with Crippen molar-refractivity contribution in [3.8, 4) is 0 Å². The number of anilines is 1. The smallest absolute Gasteiger partial charge is 0.225 e. The van der Waals surface area contributed by atoms with Crippen LogP contribution in [-0.4, -0.2) is 21.5 Å². The van der Waals surface area contributed by atoms with Gasteiger partial charge in [-0.15, -0.1) is 0 Å². The summed E-state index contributed by atoms with van der Waals surface area (Å²) in [6.45, 7) is 4.88. The van der Waals surface area contributed by atoms with Gasteiger partial charge in [-0.3, -0.25) is 0 Å². The van der Waals surface area contributed by atoms with E-state index in [-0.39, 0.29) is 5.28 Å². The van der Waals surface area contributed by atoms with E-state index in [1.165, 1.54) is 0 Å². The van der Waals surface area contributed by atoms with E-state index in [4.69, 9.17) is 23.2 Å². The minimum Gasteiger partial charge on any atom is -0.368 e. The number of aromatic nitrogens is 3. The molecule has 2 rings (SSSR count). The predicted octanol–water partition coefficient (Wildman–Crippen LogP) is 3.85. The Bertz CT molecular complexity index is 571. The number of aryl methyl sites for hydroxylation is 1. The van der Waals surface area contributed by atoms with Crippen LogP contribution < -0.4 is 5.32 Å². The van der Waals surface area contributed by atoms with Crippen LogP contribution in [0.4, 0.5) is 5.82 Å². The Kier molecular flexibility index (Phi) is 4.19. The maximum Gasteiger partial charge on any atom is 0.225 e. The van der Waals surface area contributed by atoms with Crippen LogP contribution in [0.1, 0.15) is 25.3 Å². The second-order valence-corrected chi connectivity index (χ2v) is 4.81. The van der Waals surface area contributed by atoms with Crippen LogP contribution >= 0.6 is 23.2 Å². The minimum atomic E-state index is 0.216. The molecule has 2 aromatic heterocycles. The average Bonchev–Trinajstić information content (AvgIpc) is 2.31. The molecule has 96 valence electrons. The van der Waals surface area contributed by atoms with Gasteiger partial charge in [0.25, 0.3) is 0 Å². The summed E-state index contributed by atoms with van der Waals surface area (Å²) < 4.78 is 0. The molecular weight excluding hydrogens is 271 g/mol. The fourth-order valence-electron chi connectivity index (χ4n) is 1.70. The van der Waals surface area contributed by atoms with Crippen molar-refractivity contribution in [1.29, 1.82) is 0 Å². The molecule has 0 fully saturated rings. The number of rotatable bonds is 4. The zero-order chi connectivity index (χ0) is 13.1. The van der Waals surface area contributed by atoms with Crippen molar-refractivity contribution in [1.82, 2.24) is 15.0 Å². The average molecular weight is 285 g/mol. The van der Waals surface area contributed by atoms with E-state index >= 15 is 0 Å². The lowest BCUT2D eigenvalue weighted by molar-refractivity contribution is 0.831. The molecule has 18 heavy (non-hydrogen) atoms. The lowest BCUT2D eigenvalue weighted by Gasteiger charge is -2.09. The van der Waals surface area contributed by atoms with E-state index in [1.807, 2.05) is 6.92 Å². The van der Waals surface area contributed by atoms with Gasteiger partial charge >= 0.3 is 0 Å². The molecule has 0 aromatic carbocycles. The van der Waals surface area contributed by atoms with Gasteiger partial charge < -0.3 is 5.32 Å². The Morgan fingerprint density at radius 3 is 2.67 bits per heavy atom. The summed E-state index contributed by atoms with van der Waals surface area (Å²) in [6.07, 6.45) is 2.17. The molecule has 0 aliphatic heterocycles. The third-order valence-corrected chi connectivity index (χ3v) is 2.97. The van der Waals surface area contributed by atoms with Crippen LogP contribution in [0.15, 0.2) is 6.07 Å². The van der Waals surface area contributed by atoms with Crippen LogP contribution in [0.3, 0.4) is 0 Å². The number of hydrogen-bond acceptors (Lipinski definition) is 4. The molecule has 1 N–H and O–H groups in total. The second kappa shape index (κ2) is 5.67. The lowest BCUT2D eigenvalue weighted by atomic mass is 10.2. The van der Waals surface area contributed by atoms with Gasteiger partial charge in [0.1, 0.15) is 10.7 Å². The van der Waals surface area contributed by atoms with Gasteiger partial charge in [0, 0.05) is 6.54 Å². The Labute approximate surface area is 116 Å². The van der Waals surface area contributed by atoms with Gasteiger partial charge in [-0.05, 0) is 36.6 Å². The van der Waals surface area contributed by atoms with Crippen molar-refractivity contribution in [2.45, 2.75) is 26.7 Å². The molecule has 0 spiro atoms. The maximum atomic E-state index is 5.97. The molecule has 2 heterocycles. The number of hydrogen-bond donors (Lipinski definition) is 1. The summed E-state index contributed by atoms with van der Waals surface area (Å²) in [4.78, 5) is 12.7. The summed E-state index contributed by atoms with van der Waals surface area (Å²) in [5, 5.41) is 3.88. The number of pyridine rings is 1. The fourth-order valence-corrected chi connectivity index (χ4v) is 2.12. The third kappa shape index (κ3) is 2.82.